The van der Waals surface area contributed by atoms with Crippen LogP contribution in [0.5, 0.6) is 0 Å². The van der Waals surface area contributed by atoms with E-state index in [1.165, 1.54) is 10.7 Å². The van der Waals surface area contributed by atoms with Gasteiger partial charge in [-0.15, -0.1) is 0 Å². The largest absolute Gasteiger partial charge is 0.382 e. The lowest BCUT2D eigenvalue weighted by molar-refractivity contribution is -0.136. The number of rotatable bonds is 21. The Hall–Kier alpha value is -5.34. The van der Waals surface area contributed by atoms with Crippen LogP contribution < -0.4 is 21.3 Å². The normalized spacial score (nSPS) is 18.9. The molecule has 4 aliphatic rings. The molecule has 0 bridgehead atoms. The van der Waals surface area contributed by atoms with E-state index < -0.39 is 39.7 Å². The molecule has 0 spiro atoms. The molecule has 2 aromatic carbocycles. The fourth-order valence-electron chi connectivity index (χ4n) is 8.30. The number of nitrogens with one attached hydrogen (secondary N) is 5. The molecule has 18 nitrogen and oxygen atoms in total. The summed E-state index contributed by atoms with van der Waals surface area (Å²) in [6, 6.07) is 10.7. The van der Waals surface area contributed by atoms with E-state index in [2.05, 4.69) is 38.1 Å². The molecule has 1 atom stereocenters. The van der Waals surface area contributed by atoms with Crippen molar-refractivity contribution in [3.63, 3.8) is 0 Å². The molecule has 3 aromatic rings. The number of benzene rings is 2. The highest BCUT2D eigenvalue weighted by atomic mass is 32.2. The molecule has 19 heteroatoms. The van der Waals surface area contributed by atoms with Crippen molar-refractivity contribution in [1.29, 1.82) is 5.41 Å². The van der Waals surface area contributed by atoms with Gasteiger partial charge in [-0.25, -0.2) is 13.4 Å². The van der Waals surface area contributed by atoms with Crippen LogP contribution in [0, 0.1) is 5.41 Å². The van der Waals surface area contributed by atoms with Crippen molar-refractivity contribution in [2.75, 3.05) is 88.2 Å². The van der Waals surface area contributed by atoms with Crippen LogP contribution in [0.3, 0.4) is 0 Å². The second-order valence-electron chi connectivity index (χ2n) is 16.2. The maximum absolute atomic E-state index is 13.6. The zero-order valence-electron chi connectivity index (χ0n) is 35.8. The number of hydrogen-bond donors (Lipinski definition) is 5. The van der Waals surface area contributed by atoms with Crippen molar-refractivity contribution in [2.45, 2.75) is 81.7 Å². The Morgan fingerprint density at radius 1 is 0.873 bits per heavy atom. The number of piperazine rings is 1. The lowest BCUT2D eigenvalue weighted by Crippen LogP contribution is -2.54. The van der Waals surface area contributed by atoms with E-state index in [-0.39, 0.29) is 40.6 Å². The molecule has 4 amide bonds. The Morgan fingerprint density at radius 2 is 1.62 bits per heavy atom. The molecule has 7 rings (SSSR count). The van der Waals surface area contributed by atoms with Crippen molar-refractivity contribution < 1.29 is 37.1 Å². The maximum Gasteiger partial charge on any atom is 0.264 e. The van der Waals surface area contributed by atoms with Crippen LogP contribution in [0.25, 0.3) is 0 Å². The highest BCUT2D eigenvalue weighted by Crippen LogP contribution is 2.32. The monoisotopic (exact) mass is 886 g/mol. The van der Waals surface area contributed by atoms with Crippen LogP contribution in [-0.2, 0) is 29.1 Å². The summed E-state index contributed by atoms with van der Waals surface area (Å²) >= 11 is 0. The third-order valence-electron chi connectivity index (χ3n) is 11.9. The molecule has 2 saturated heterocycles. The average molecular weight is 887 g/mol. The molecule has 1 saturated carbocycles. The topological polar surface area (TPSA) is 228 Å². The van der Waals surface area contributed by atoms with E-state index in [9.17, 15) is 27.6 Å². The van der Waals surface area contributed by atoms with Crippen molar-refractivity contribution in [3.05, 3.63) is 70.9 Å². The van der Waals surface area contributed by atoms with Gasteiger partial charge in [-0.3, -0.25) is 39.7 Å². The molecule has 5 N–H and O–H groups in total. The number of unbranched alkanes of at least 4 members (excludes halogenated alkanes) is 1. The molecule has 3 fully saturated rings. The Bertz CT molecular complexity index is 2240. The number of nitrogens with zero attached hydrogens (tertiary/aromatic N) is 5. The van der Waals surface area contributed by atoms with Crippen molar-refractivity contribution in [2.24, 2.45) is 0 Å². The highest BCUT2D eigenvalue weighted by molar-refractivity contribution is 7.89. The summed E-state index contributed by atoms with van der Waals surface area (Å²) < 4.78 is 40.3. The predicted octanol–water partition coefficient (Wildman–Crippen LogP) is 3.70. The lowest BCUT2D eigenvalue weighted by Gasteiger charge is -2.33. The van der Waals surface area contributed by atoms with Crippen LogP contribution in [0.15, 0.2) is 53.6 Å². The number of piperidine rings is 1. The fourth-order valence-corrected chi connectivity index (χ4v) is 9.73. The van der Waals surface area contributed by atoms with E-state index in [1.54, 1.807) is 48.7 Å². The van der Waals surface area contributed by atoms with E-state index >= 15 is 0 Å². The summed E-state index contributed by atoms with van der Waals surface area (Å²) in [6.07, 6.45) is 9.52. The molecule has 1 aromatic heterocycles. The second kappa shape index (κ2) is 21.4. The van der Waals surface area contributed by atoms with Gasteiger partial charge in [0.2, 0.25) is 27.8 Å². The summed E-state index contributed by atoms with van der Waals surface area (Å²) in [6.45, 7) is 7.20. The van der Waals surface area contributed by atoms with Gasteiger partial charge in [-0.1, -0.05) is 50.8 Å². The van der Waals surface area contributed by atoms with Crippen molar-refractivity contribution in [1.82, 2.24) is 29.4 Å². The van der Waals surface area contributed by atoms with Gasteiger partial charge in [-0.2, -0.15) is 9.29 Å². The summed E-state index contributed by atoms with van der Waals surface area (Å²) in [4.78, 5) is 62.9. The SMILES string of the molecule is CCCCNc1ncc(C(=N)c2ccc(S(=O)(=O)N3CCN(CCOCCOCCNc4cccc5c4C(=O)N(C4CCC(=O)NC4=O)C5=O)CC3)cc2)c(NC2CCCCC2)n1. The minimum Gasteiger partial charge on any atom is -0.382 e. The summed E-state index contributed by atoms with van der Waals surface area (Å²) in [5.41, 5.74) is 2.24. The lowest BCUT2D eigenvalue weighted by atomic mass is 9.95. The number of fused-ring (bicyclic) bond motifs is 1. The Kier molecular flexibility index (Phi) is 15.5. The zero-order valence-corrected chi connectivity index (χ0v) is 36.6. The molecule has 4 heterocycles. The fraction of sp³-hybridized carbons (Fsp3) is 0.523. The zero-order chi connectivity index (χ0) is 44.3. The van der Waals surface area contributed by atoms with Crippen LogP contribution >= 0.6 is 0 Å². The number of sulfonamides is 1. The first kappa shape index (κ1) is 45.7. The van der Waals surface area contributed by atoms with E-state index in [1.807, 2.05) is 0 Å². The van der Waals surface area contributed by atoms with Gasteiger partial charge in [0.05, 0.1) is 53.7 Å². The standard InChI is InChI=1S/C44H58N10O8S/c1-2-3-18-47-44-48-29-34(40(51-44)49-31-8-5-4-6-9-31)39(45)30-12-14-32(15-13-30)63(59,60)53-22-20-52(21-23-53)24-26-62-28-27-61-25-19-46-35-11-7-10-33-38(35)43(58)54(42(33)57)36-16-17-37(55)50-41(36)56/h7,10-15,29,31,36,45-46H,2-6,8-9,16-28H2,1H3,(H,50,55,56)(H2,47,48,49,51). The van der Waals surface area contributed by atoms with Gasteiger partial charge in [-0.05, 0) is 49.9 Å². The predicted molar refractivity (Wildman–Crippen MR) is 237 cm³/mol. The number of imide groups is 2. The quantitative estimate of drug-likeness (QED) is 0.0584. The van der Waals surface area contributed by atoms with Gasteiger partial charge in [0, 0.05) is 75.7 Å². The van der Waals surface area contributed by atoms with Crippen LogP contribution in [0.2, 0.25) is 0 Å². The first-order valence-corrected chi connectivity index (χ1v) is 23.5. The average Bonchev–Trinajstić information content (AvgIpc) is 3.55. The third kappa shape index (κ3) is 11.1. The minimum absolute atomic E-state index is 0.0523. The Labute approximate surface area is 368 Å². The third-order valence-corrected chi connectivity index (χ3v) is 13.8. The smallest absolute Gasteiger partial charge is 0.264 e. The van der Waals surface area contributed by atoms with Crippen molar-refractivity contribution in [3.8, 4) is 0 Å². The molecular weight excluding hydrogens is 829 g/mol. The molecular formula is C44H58N10O8S. The van der Waals surface area contributed by atoms with Gasteiger partial charge < -0.3 is 25.4 Å². The summed E-state index contributed by atoms with van der Waals surface area (Å²) in [5.74, 6) is -1.07. The highest BCUT2D eigenvalue weighted by Gasteiger charge is 2.45. The Balaban J connectivity index is 0.808. The molecule has 1 unspecified atom stereocenters. The van der Waals surface area contributed by atoms with Crippen molar-refractivity contribution >= 4 is 56.8 Å². The van der Waals surface area contributed by atoms with Crippen LogP contribution in [-0.4, -0.2) is 146 Å². The molecule has 338 valence electrons. The molecule has 0 radical (unpaired) electrons. The second-order valence-corrected chi connectivity index (χ2v) is 18.1. The van der Waals surface area contributed by atoms with E-state index in [4.69, 9.17) is 19.9 Å². The number of hydrogen-bond acceptors (Lipinski definition) is 15. The number of amides is 4. The number of carbonyl (C=O) groups excluding carboxylic acids is 4. The van der Waals surface area contributed by atoms with Crippen LogP contribution in [0.1, 0.15) is 96.6 Å². The van der Waals surface area contributed by atoms with Crippen LogP contribution in [0.4, 0.5) is 17.5 Å². The Morgan fingerprint density at radius 3 is 2.35 bits per heavy atom. The molecule has 1 aliphatic carbocycles. The summed E-state index contributed by atoms with van der Waals surface area (Å²) in [7, 11) is -3.73. The van der Waals surface area contributed by atoms with E-state index in [0.29, 0.717) is 94.3 Å². The first-order chi connectivity index (χ1) is 30.5. The van der Waals surface area contributed by atoms with Gasteiger partial charge in [0.1, 0.15) is 11.9 Å². The minimum atomic E-state index is -3.73. The number of ether oxygens (including phenoxy) is 2. The number of aromatic nitrogens is 2. The summed E-state index contributed by atoms with van der Waals surface area (Å²) in [5, 5.41) is 21.3. The number of anilines is 3. The molecule has 63 heavy (non-hydrogen) atoms. The van der Waals surface area contributed by atoms with E-state index in [0.717, 1.165) is 50.0 Å². The maximum atomic E-state index is 13.6. The van der Waals surface area contributed by atoms with Gasteiger partial charge in [0.15, 0.2) is 0 Å². The van der Waals surface area contributed by atoms with Gasteiger partial charge >= 0.3 is 0 Å². The molecule has 3 aliphatic heterocycles. The van der Waals surface area contributed by atoms with Gasteiger partial charge in [0.25, 0.3) is 11.8 Å². The number of carbonyl (C=O) groups is 4. The first-order valence-electron chi connectivity index (χ1n) is 22.1.